The summed E-state index contributed by atoms with van der Waals surface area (Å²) in [6, 6.07) is 0. The average Bonchev–Trinajstić information content (AvgIpc) is 3.14. The Morgan fingerprint density at radius 3 is 0.868 bits per heavy atom. The summed E-state index contributed by atoms with van der Waals surface area (Å²) in [6.45, 7) is 9.09. The predicted octanol–water partition coefficient (Wildman–Crippen LogP) is 13.8. The van der Waals surface area contributed by atoms with Gasteiger partial charge in [-0.25, -0.2) is 0 Å². The van der Waals surface area contributed by atoms with Gasteiger partial charge in [-0.2, -0.15) is 0 Å². The number of carboxylic acids is 2. The van der Waals surface area contributed by atoms with E-state index in [0.717, 1.165) is 51.4 Å². The number of carboxylic acid groups (broad SMARTS) is 2. The average molecular weight is 848 g/mol. The second-order valence-corrected chi connectivity index (χ2v) is 19.6. The van der Waals surface area contributed by atoms with Crippen molar-refractivity contribution in [2.24, 2.45) is 0 Å². The molecule has 0 aliphatic heterocycles. The number of hydrogen-bond donors (Lipinski definition) is 0. The molecule has 0 spiro atoms. The predicted molar refractivity (Wildman–Crippen MR) is 230 cm³/mol. The van der Waals surface area contributed by atoms with E-state index in [1.54, 1.807) is 8.87 Å². The molecule has 0 amide bonds. The number of unbranched alkanes of at least 4 members (excludes halogenated alkanes) is 26. The van der Waals surface area contributed by atoms with Crippen molar-refractivity contribution in [3.05, 3.63) is 35.5 Å². The molecule has 5 heteroatoms. The fourth-order valence-electron chi connectivity index (χ4n) is 6.58. The fourth-order valence-corrected chi connectivity index (χ4v) is 10.7. The number of allylic oxidation sites excluding steroid dienone is 4. The van der Waals surface area contributed by atoms with Crippen molar-refractivity contribution >= 4 is 33.1 Å². The van der Waals surface area contributed by atoms with Crippen molar-refractivity contribution in [1.29, 1.82) is 0 Å². The van der Waals surface area contributed by atoms with Crippen LogP contribution in [-0.4, -0.2) is 33.1 Å². The zero-order valence-corrected chi connectivity index (χ0v) is 38.8. The Bertz CT molecular complexity index is 794. The van der Waals surface area contributed by atoms with E-state index in [1.807, 2.05) is 0 Å². The molecular weight excluding hydrogens is 759 g/mol. The van der Waals surface area contributed by atoms with Crippen LogP contribution in [0.4, 0.5) is 0 Å². The Labute approximate surface area is 341 Å². The van der Waals surface area contributed by atoms with Crippen molar-refractivity contribution in [3.63, 3.8) is 0 Å². The molecule has 0 saturated carbocycles. The SMILES string of the molecule is CCCCCCCCC=CCCCCCCCCC(C(=O)[O-])=C(CCCCCCCCC=CCCCCCCCC)C(=O)[O-].CCC[CH2][Sn+2][CH2]CCC. The summed E-state index contributed by atoms with van der Waals surface area (Å²) < 4.78 is 3.25. The zero-order valence-electron chi connectivity index (χ0n) is 35.9. The zero-order chi connectivity index (χ0) is 39.3. The maximum absolute atomic E-state index is 11.7. The standard InChI is InChI=1S/C40H72O4.2C4H9.Sn/c1-3-5-7-9-11-13-15-17-19-21-23-25-27-29-31-33-35-37(39(41)42)38(40(43)44)36-34-32-30-28-26-24-22-20-18-16-14-12-10-8-6-4-2;2*1-3-4-2;/h17-20H,3-16,21-36H2,1-2H3,(H,41,42)(H,43,44);2*1,3-4H2,2H3;/q;;;+2/p-2. The first kappa shape index (κ1) is 54.1. The molecule has 0 aromatic heterocycles. The van der Waals surface area contributed by atoms with E-state index >= 15 is 0 Å². The van der Waals surface area contributed by atoms with Crippen LogP contribution in [0.15, 0.2) is 35.5 Å². The first-order valence-corrected chi connectivity index (χ1v) is 27.1. The van der Waals surface area contributed by atoms with Crippen LogP contribution in [0, 0.1) is 0 Å². The summed E-state index contributed by atoms with van der Waals surface area (Å²) >= 11 is 0.149. The second-order valence-electron chi connectivity index (χ2n) is 15.4. The molecule has 0 unspecified atom stereocenters. The molecule has 308 valence electrons. The van der Waals surface area contributed by atoms with Gasteiger partial charge in [-0.3, -0.25) is 0 Å². The third-order valence-electron chi connectivity index (χ3n) is 10.1. The fraction of sp³-hybridized carbons (Fsp3) is 0.833. The van der Waals surface area contributed by atoms with Crippen molar-refractivity contribution in [2.75, 3.05) is 0 Å². The molecule has 0 aromatic carbocycles. The number of aliphatic carboxylic acids is 2. The molecule has 0 N–H and O–H groups in total. The number of carbonyl (C=O) groups excluding carboxylic acids is 2. The van der Waals surface area contributed by atoms with E-state index in [0.29, 0.717) is 12.8 Å². The Morgan fingerprint density at radius 2 is 0.604 bits per heavy atom. The van der Waals surface area contributed by atoms with Crippen LogP contribution in [0.2, 0.25) is 8.87 Å². The molecule has 0 saturated heterocycles. The normalized spacial score (nSPS) is 11.8. The third kappa shape index (κ3) is 43.6. The Balaban J connectivity index is 0. The summed E-state index contributed by atoms with van der Waals surface area (Å²) in [7, 11) is 0. The van der Waals surface area contributed by atoms with Gasteiger partial charge in [0.2, 0.25) is 0 Å². The summed E-state index contributed by atoms with van der Waals surface area (Å²) in [5, 5.41) is 23.5. The maximum atomic E-state index is 11.7. The first-order valence-electron chi connectivity index (χ1n) is 23.1. The van der Waals surface area contributed by atoms with Crippen molar-refractivity contribution in [3.8, 4) is 0 Å². The van der Waals surface area contributed by atoms with Gasteiger partial charge >= 0.3 is 69.5 Å². The summed E-state index contributed by atoms with van der Waals surface area (Å²) in [4.78, 5) is 23.5. The Kier molecular flexibility index (Phi) is 48.1. The topological polar surface area (TPSA) is 80.3 Å². The molecule has 53 heavy (non-hydrogen) atoms. The van der Waals surface area contributed by atoms with Gasteiger partial charge in [0.05, 0.1) is 11.9 Å². The molecule has 0 radical (unpaired) electrons. The molecule has 0 rings (SSSR count). The number of hydrogen-bond acceptors (Lipinski definition) is 4. The molecule has 4 nitrogen and oxygen atoms in total. The van der Waals surface area contributed by atoms with E-state index in [1.165, 1.54) is 141 Å². The van der Waals surface area contributed by atoms with E-state index in [-0.39, 0.29) is 45.1 Å². The minimum absolute atomic E-state index is 0.0479. The van der Waals surface area contributed by atoms with Crippen molar-refractivity contribution in [1.82, 2.24) is 0 Å². The van der Waals surface area contributed by atoms with Gasteiger partial charge in [0.1, 0.15) is 0 Å². The third-order valence-corrected chi connectivity index (χ3v) is 14.2. The number of rotatable bonds is 40. The van der Waals surface area contributed by atoms with E-state index in [4.69, 9.17) is 0 Å². The minimum atomic E-state index is -1.35. The quantitative estimate of drug-likeness (QED) is 0.0266. The van der Waals surface area contributed by atoms with Crippen LogP contribution in [0.3, 0.4) is 0 Å². The monoisotopic (exact) mass is 849 g/mol. The van der Waals surface area contributed by atoms with E-state index in [2.05, 4.69) is 52.0 Å². The van der Waals surface area contributed by atoms with Crippen LogP contribution in [-0.2, 0) is 9.59 Å². The molecule has 0 bridgehead atoms. The molecule has 0 aromatic rings. The number of carbonyl (C=O) groups is 2. The molecule has 0 fully saturated rings. The summed E-state index contributed by atoms with van der Waals surface area (Å²) in [6.07, 6.45) is 48.8. The van der Waals surface area contributed by atoms with Gasteiger partial charge in [0.15, 0.2) is 0 Å². The molecular formula is C48H88O4Sn. The van der Waals surface area contributed by atoms with Crippen LogP contribution in [0.1, 0.15) is 246 Å². The van der Waals surface area contributed by atoms with E-state index < -0.39 is 11.9 Å². The molecule has 0 atom stereocenters. The van der Waals surface area contributed by atoms with Crippen LogP contribution < -0.4 is 10.2 Å². The Morgan fingerprint density at radius 1 is 0.358 bits per heavy atom. The van der Waals surface area contributed by atoms with Crippen LogP contribution in [0.5, 0.6) is 0 Å². The van der Waals surface area contributed by atoms with Crippen LogP contribution >= 0.6 is 0 Å². The van der Waals surface area contributed by atoms with Gasteiger partial charge in [-0.1, -0.05) is 154 Å². The summed E-state index contributed by atoms with van der Waals surface area (Å²) in [5.41, 5.74) is -0.0958. The van der Waals surface area contributed by atoms with E-state index in [9.17, 15) is 19.8 Å². The van der Waals surface area contributed by atoms with Gasteiger partial charge in [0, 0.05) is 0 Å². The van der Waals surface area contributed by atoms with Gasteiger partial charge in [0.25, 0.3) is 0 Å². The van der Waals surface area contributed by atoms with Crippen LogP contribution in [0.25, 0.3) is 0 Å². The molecule has 0 heterocycles. The van der Waals surface area contributed by atoms with Crippen molar-refractivity contribution < 1.29 is 19.8 Å². The first-order chi connectivity index (χ1) is 26.0. The molecule has 0 aliphatic rings. The molecule has 0 aliphatic carbocycles. The Hall–Kier alpha value is -1.04. The van der Waals surface area contributed by atoms with Crippen molar-refractivity contribution in [2.45, 2.75) is 255 Å². The van der Waals surface area contributed by atoms with Gasteiger partial charge in [-0.05, 0) is 88.2 Å². The summed E-state index contributed by atoms with van der Waals surface area (Å²) in [5.74, 6) is -2.69. The van der Waals surface area contributed by atoms with Gasteiger partial charge in [-0.15, -0.1) is 0 Å². The second kappa shape index (κ2) is 47.1. The van der Waals surface area contributed by atoms with Gasteiger partial charge < -0.3 is 19.8 Å².